The third-order valence-corrected chi connectivity index (χ3v) is 4.10. The van der Waals surface area contributed by atoms with Crippen molar-refractivity contribution in [1.29, 1.82) is 0 Å². The van der Waals surface area contributed by atoms with E-state index in [1.165, 1.54) is 0 Å². The molecule has 2 amide bonds. The Balaban J connectivity index is 1.48. The number of benzene rings is 3. The van der Waals surface area contributed by atoms with Gasteiger partial charge in [0.2, 0.25) is 5.91 Å². The fourth-order valence-electron chi connectivity index (χ4n) is 2.75. The quantitative estimate of drug-likeness (QED) is 0.668. The Morgan fingerprint density at radius 2 is 1.67 bits per heavy atom. The largest absolute Gasteiger partial charge is 0.494 e. The molecule has 3 aromatic rings. The number of hydrogen-bond acceptors (Lipinski definition) is 3. The summed E-state index contributed by atoms with van der Waals surface area (Å²) in [6, 6.07) is 20.6. The summed E-state index contributed by atoms with van der Waals surface area (Å²) < 4.78 is 5.37. The molecular weight excluding hydrogens is 340 g/mol. The molecule has 3 rings (SSSR count). The highest BCUT2D eigenvalue weighted by atomic mass is 16.5. The van der Waals surface area contributed by atoms with Gasteiger partial charge in [-0.3, -0.25) is 9.59 Å². The Morgan fingerprint density at radius 1 is 0.926 bits per heavy atom. The molecule has 0 aliphatic rings. The van der Waals surface area contributed by atoms with Crippen molar-refractivity contribution in [1.82, 2.24) is 5.32 Å². The third-order valence-electron chi connectivity index (χ3n) is 4.10. The fraction of sp³-hybridized carbons (Fsp3) is 0.182. The second-order valence-corrected chi connectivity index (χ2v) is 6.07. The van der Waals surface area contributed by atoms with Crippen molar-refractivity contribution in [2.24, 2.45) is 0 Å². The maximum Gasteiger partial charge on any atom is 0.251 e. The molecule has 0 saturated heterocycles. The molecule has 138 valence electrons. The third kappa shape index (κ3) is 5.07. The van der Waals surface area contributed by atoms with Gasteiger partial charge in [-0.25, -0.2) is 0 Å². The number of carbonyl (C=O) groups is 2. The smallest absolute Gasteiger partial charge is 0.251 e. The number of hydrogen-bond donors (Lipinski definition) is 2. The molecule has 27 heavy (non-hydrogen) atoms. The van der Waals surface area contributed by atoms with Gasteiger partial charge in [-0.1, -0.05) is 30.3 Å². The number of nitrogens with one attached hydrogen (secondary N) is 2. The van der Waals surface area contributed by atoms with Crippen LogP contribution in [0.1, 0.15) is 23.7 Å². The standard InChI is InChI=1S/C22H22N2O3/c1-2-27-20-11-9-19(10-12-20)24-21(25)13-14-23-22(26)18-8-7-16-5-3-4-6-17(16)15-18/h3-12,15H,2,13-14H2,1H3,(H,23,26)(H,24,25). The van der Waals surface area contributed by atoms with Crippen molar-refractivity contribution in [2.75, 3.05) is 18.5 Å². The molecule has 0 aliphatic carbocycles. The van der Waals surface area contributed by atoms with Gasteiger partial charge < -0.3 is 15.4 Å². The van der Waals surface area contributed by atoms with Crippen LogP contribution in [0, 0.1) is 0 Å². The predicted octanol–water partition coefficient (Wildman–Crippen LogP) is 4.00. The van der Waals surface area contributed by atoms with Crippen molar-refractivity contribution >= 4 is 28.3 Å². The van der Waals surface area contributed by atoms with E-state index in [1.54, 1.807) is 30.3 Å². The lowest BCUT2D eigenvalue weighted by Crippen LogP contribution is -2.27. The molecule has 5 nitrogen and oxygen atoms in total. The van der Waals surface area contributed by atoms with Crippen LogP contribution in [0.3, 0.4) is 0 Å². The fourth-order valence-corrected chi connectivity index (χ4v) is 2.75. The van der Waals surface area contributed by atoms with Crippen LogP contribution in [0.15, 0.2) is 66.7 Å². The second-order valence-electron chi connectivity index (χ2n) is 6.07. The first-order valence-corrected chi connectivity index (χ1v) is 8.95. The summed E-state index contributed by atoms with van der Waals surface area (Å²) >= 11 is 0. The highest BCUT2D eigenvalue weighted by Gasteiger charge is 2.08. The second kappa shape index (κ2) is 8.85. The number of ether oxygens (including phenoxy) is 1. The predicted molar refractivity (Wildman–Crippen MR) is 107 cm³/mol. The van der Waals surface area contributed by atoms with Crippen LogP contribution < -0.4 is 15.4 Å². The number of amides is 2. The average molecular weight is 362 g/mol. The van der Waals surface area contributed by atoms with Gasteiger partial charge in [0.05, 0.1) is 6.61 Å². The molecule has 0 fully saturated rings. The SMILES string of the molecule is CCOc1ccc(NC(=O)CCNC(=O)c2ccc3ccccc3c2)cc1. The first-order chi connectivity index (χ1) is 13.2. The van der Waals surface area contributed by atoms with Gasteiger partial charge in [-0.15, -0.1) is 0 Å². The lowest BCUT2D eigenvalue weighted by molar-refractivity contribution is -0.116. The van der Waals surface area contributed by atoms with E-state index in [-0.39, 0.29) is 24.8 Å². The summed E-state index contributed by atoms with van der Waals surface area (Å²) in [5.41, 5.74) is 1.28. The van der Waals surface area contributed by atoms with E-state index in [9.17, 15) is 9.59 Å². The summed E-state index contributed by atoms with van der Waals surface area (Å²) in [7, 11) is 0. The van der Waals surface area contributed by atoms with Gasteiger partial charge >= 0.3 is 0 Å². The van der Waals surface area contributed by atoms with E-state index >= 15 is 0 Å². The van der Waals surface area contributed by atoms with E-state index < -0.39 is 0 Å². The van der Waals surface area contributed by atoms with Gasteiger partial charge in [0.15, 0.2) is 0 Å². The van der Waals surface area contributed by atoms with Crippen LogP contribution in [-0.4, -0.2) is 25.0 Å². The number of fused-ring (bicyclic) bond motifs is 1. The molecule has 0 saturated carbocycles. The van der Waals surface area contributed by atoms with E-state index in [2.05, 4.69) is 10.6 Å². The monoisotopic (exact) mass is 362 g/mol. The molecule has 0 radical (unpaired) electrons. The lowest BCUT2D eigenvalue weighted by Gasteiger charge is -2.08. The molecule has 0 bridgehead atoms. The molecular formula is C22H22N2O3. The van der Waals surface area contributed by atoms with Crippen molar-refractivity contribution in [3.63, 3.8) is 0 Å². The molecule has 5 heteroatoms. The van der Waals surface area contributed by atoms with E-state index in [1.807, 2.05) is 43.3 Å². The van der Waals surface area contributed by atoms with Gasteiger partial charge in [0, 0.05) is 24.2 Å². The van der Waals surface area contributed by atoms with Crippen LogP contribution in [-0.2, 0) is 4.79 Å². The summed E-state index contributed by atoms with van der Waals surface area (Å²) in [6.07, 6.45) is 0.201. The maximum atomic E-state index is 12.3. The minimum Gasteiger partial charge on any atom is -0.494 e. The molecule has 2 N–H and O–H groups in total. The van der Waals surface area contributed by atoms with Crippen LogP contribution in [0.25, 0.3) is 10.8 Å². The van der Waals surface area contributed by atoms with Crippen molar-refractivity contribution in [3.8, 4) is 5.75 Å². The van der Waals surface area contributed by atoms with E-state index in [0.717, 1.165) is 16.5 Å². The summed E-state index contributed by atoms with van der Waals surface area (Å²) in [5, 5.41) is 7.69. The Morgan fingerprint density at radius 3 is 2.41 bits per heavy atom. The van der Waals surface area contributed by atoms with Crippen molar-refractivity contribution in [3.05, 3.63) is 72.3 Å². The van der Waals surface area contributed by atoms with Crippen LogP contribution >= 0.6 is 0 Å². The Hall–Kier alpha value is -3.34. The minimum absolute atomic E-state index is 0.155. The summed E-state index contributed by atoms with van der Waals surface area (Å²) in [5.74, 6) is 0.422. The Kier molecular flexibility index (Phi) is 6.05. The zero-order valence-electron chi connectivity index (χ0n) is 15.2. The Labute approximate surface area is 158 Å². The van der Waals surface area contributed by atoms with E-state index in [4.69, 9.17) is 4.74 Å². The van der Waals surface area contributed by atoms with Crippen LogP contribution in [0.5, 0.6) is 5.75 Å². The molecule has 0 unspecified atom stereocenters. The zero-order valence-corrected chi connectivity index (χ0v) is 15.2. The van der Waals surface area contributed by atoms with Crippen molar-refractivity contribution < 1.29 is 14.3 Å². The van der Waals surface area contributed by atoms with Crippen molar-refractivity contribution in [2.45, 2.75) is 13.3 Å². The maximum absolute atomic E-state index is 12.3. The first-order valence-electron chi connectivity index (χ1n) is 8.95. The zero-order chi connectivity index (χ0) is 19.1. The van der Waals surface area contributed by atoms with Crippen LogP contribution in [0.2, 0.25) is 0 Å². The number of anilines is 1. The van der Waals surface area contributed by atoms with Gasteiger partial charge in [0.1, 0.15) is 5.75 Å². The van der Waals surface area contributed by atoms with Gasteiger partial charge in [-0.05, 0) is 54.1 Å². The van der Waals surface area contributed by atoms with Crippen LogP contribution in [0.4, 0.5) is 5.69 Å². The summed E-state index contributed by atoms with van der Waals surface area (Å²) in [6.45, 7) is 2.79. The molecule has 3 aromatic carbocycles. The van der Waals surface area contributed by atoms with E-state index in [0.29, 0.717) is 17.9 Å². The first kappa shape index (κ1) is 18.5. The molecule has 0 aromatic heterocycles. The van der Waals surface area contributed by atoms with Gasteiger partial charge in [0.25, 0.3) is 5.91 Å². The molecule has 0 aliphatic heterocycles. The Bertz CT molecular complexity index is 936. The number of rotatable bonds is 7. The molecule has 0 atom stereocenters. The molecule has 0 spiro atoms. The van der Waals surface area contributed by atoms with Gasteiger partial charge in [-0.2, -0.15) is 0 Å². The average Bonchev–Trinajstić information content (AvgIpc) is 2.69. The highest BCUT2D eigenvalue weighted by molar-refractivity contribution is 5.99. The molecule has 0 heterocycles. The normalized spacial score (nSPS) is 10.4. The summed E-state index contributed by atoms with van der Waals surface area (Å²) in [4.78, 5) is 24.3. The minimum atomic E-state index is -0.186. The highest BCUT2D eigenvalue weighted by Crippen LogP contribution is 2.16. The number of carbonyl (C=O) groups excluding carboxylic acids is 2. The topological polar surface area (TPSA) is 67.4 Å². The lowest BCUT2D eigenvalue weighted by atomic mass is 10.1.